The number of methoxy groups -OCH3 is 1. The molecule has 2 N–H and O–H groups in total. The summed E-state index contributed by atoms with van der Waals surface area (Å²) in [5.74, 6) is 0.453. The Morgan fingerprint density at radius 2 is 2.13 bits per heavy atom. The number of nitrogens with one attached hydrogen (secondary N) is 2. The average molecular weight is 342 g/mol. The smallest absolute Gasteiger partial charge is 0.238 e. The van der Waals surface area contributed by atoms with E-state index in [1.54, 1.807) is 13.2 Å². The molecule has 0 aromatic heterocycles. The molecule has 0 aliphatic carbocycles. The minimum Gasteiger partial charge on any atom is -0.495 e. The third-order valence-electron chi connectivity index (χ3n) is 3.75. The minimum absolute atomic E-state index is 0.105. The van der Waals surface area contributed by atoms with Crippen molar-refractivity contribution >= 4 is 23.2 Å². The molecule has 1 aliphatic heterocycles. The first-order valence-electron chi connectivity index (χ1n) is 7.75. The topological polar surface area (TPSA) is 62.8 Å². The van der Waals surface area contributed by atoms with Gasteiger partial charge in [-0.1, -0.05) is 11.6 Å². The summed E-state index contributed by atoms with van der Waals surface area (Å²) in [5, 5.41) is 6.62. The molecule has 6 nitrogen and oxygen atoms in total. The lowest BCUT2D eigenvalue weighted by molar-refractivity contribution is -0.115. The number of ether oxygens (including phenoxy) is 2. The van der Waals surface area contributed by atoms with E-state index >= 15 is 0 Å². The Hall–Kier alpha value is -1.34. The zero-order valence-electron chi connectivity index (χ0n) is 13.7. The molecule has 7 heteroatoms. The molecule has 0 saturated carbocycles. The van der Waals surface area contributed by atoms with Crippen molar-refractivity contribution in [1.29, 1.82) is 0 Å². The molecule has 0 atom stereocenters. The van der Waals surface area contributed by atoms with Crippen molar-refractivity contribution in [3.8, 4) is 5.75 Å². The van der Waals surface area contributed by atoms with E-state index in [-0.39, 0.29) is 12.5 Å². The van der Waals surface area contributed by atoms with Gasteiger partial charge in [0, 0.05) is 37.3 Å². The molecule has 1 fully saturated rings. The Morgan fingerprint density at radius 3 is 2.83 bits per heavy atom. The fourth-order valence-electron chi connectivity index (χ4n) is 2.39. The van der Waals surface area contributed by atoms with Gasteiger partial charge >= 0.3 is 0 Å². The molecule has 0 bridgehead atoms. The van der Waals surface area contributed by atoms with Crippen molar-refractivity contribution in [2.24, 2.45) is 0 Å². The maximum atomic E-state index is 12.0. The van der Waals surface area contributed by atoms with Gasteiger partial charge in [-0.05, 0) is 18.6 Å². The molecule has 2 rings (SSSR count). The molecule has 128 valence electrons. The molecular formula is C16H24ClN3O3. The van der Waals surface area contributed by atoms with Crippen LogP contribution >= 0.6 is 11.6 Å². The highest BCUT2D eigenvalue weighted by atomic mass is 35.5. The molecule has 1 saturated heterocycles. The molecule has 0 radical (unpaired) electrons. The van der Waals surface area contributed by atoms with Gasteiger partial charge in [0.25, 0.3) is 0 Å². The molecular weight excluding hydrogens is 318 g/mol. The largest absolute Gasteiger partial charge is 0.495 e. The number of halogens is 1. The zero-order chi connectivity index (χ0) is 16.7. The van der Waals surface area contributed by atoms with Crippen LogP contribution in [0.15, 0.2) is 12.1 Å². The summed E-state index contributed by atoms with van der Waals surface area (Å²) in [5.41, 5.74) is 1.53. The number of morpholine rings is 1. The highest BCUT2D eigenvalue weighted by Crippen LogP contribution is 2.30. The number of rotatable bonds is 7. The van der Waals surface area contributed by atoms with Gasteiger partial charge < -0.3 is 20.1 Å². The fourth-order valence-corrected chi connectivity index (χ4v) is 2.54. The van der Waals surface area contributed by atoms with E-state index in [9.17, 15) is 4.79 Å². The van der Waals surface area contributed by atoms with Gasteiger partial charge in [0.1, 0.15) is 5.75 Å². The van der Waals surface area contributed by atoms with Crippen molar-refractivity contribution in [1.82, 2.24) is 10.2 Å². The SMILES string of the molecule is COc1cc(Cl)c(C)cc1NC(=O)CNCCN1CCOCC1. The number of anilines is 1. The van der Waals surface area contributed by atoms with Gasteiger partial charge in [-0.25, -0.2) is 0 Å². The highest BCUT2D eigenvalue weighted by Gasteiger charge is 2.11. The van der Waals surface area contributed by atoms with Gasteiger partial charge in [-0.15, -0.1) is 0 Å². The minimum atomic E-state index is -0.105. The zero-order valence-corrected chi connectivity index (χ0v) is 14.4. The van der Waals surface area contributed by atoms with Crippen LogP contribution in [0.3, 0.4) is 0 Å². The Labute approximate surface area is 142 Å². The standard InChI is InChI=1S/C16H24ClN3O3/c1-12-9-14(15(22-2)10-13(12)17)19-16(21)11-18-3-4-20-5-7-23-8-6-20/h9-10,18H,3-8,11H2,1-2H3,(H,19,21). The number of carbonyl (C=O) groups is 1. The van der Waals surface area contributed by atoms with E-state index in [4.69, 9.17) is 21.1 Å². The third-order valence-corrected chi connectivity index (χ3v) is 4.16. The second-order valence-electron chi connectivity index (χ2n) is 5.48. The van der Waals surface area contributed by atoms with Crippen LogP contribution in [0.1, 0.15) is 5.56 Å². The lowest BCUT2D eigenvalue weighted by Crippen LogP contribution is -2.41. The second kappa shape index (κ2) is 9.08. The molecule has 0 spiro atoms. The predicted molar refractivity (Wildman–Crippen MR) is 91.5 cm³/mol. The van der Waals surface area contributed by atoms with Gasteiger partial charge in [0.15, 0.2) is 0 Å². The summed E-state index contributed by atoms with van der Waals surface area (Å²) in [7, 11) is 1.55. The maximum Gasteiger partial charge on any atom is 0.238 e. The number of nitrogens with zero attached hydrogens (tertiary/aromatic N) is 1. The lowest BCUT2D eigenvalue weighted by atomic mass is 10.2. The van der Waals surface area contributed by atoms with E-state index in [0.29, 0.717) is 16.5 Å². The molecule has 1 aliphatic rings. The number of hydrogen-bond acceptors (Lipinski definition) is 5. The van der Waals surface area contributed by atoms with E-state index in [0.717, 1.165) is 45.0 Å². The van der Waals surface area contributed by atoms with Crippen LogP contribution in [0.25, 0.3) is 0 Å². The first-order chi connectivity index (χ1) is 11.1. The molecule has 1 aromatic rings. The van der Waals surface area contributed by atoms with Crippen molar-refractivity contribution in [3.63, 3.8) is 0 Å². The van der Waals surface area contributed by atoms with Crippen molar-refractivity contribution < 1.29 is 14.3 Å². The van der Waals surface area contributed by atoms with E-state index in [2.05, 4.69) is 15.5 Å². The number of amides is 1. The van der Waals surface area contributed by atoms with Crippen molar-refractivity contribution in [2.75, 3.05) is 58.4 Å². The fraction of sp³-hybridized carbons (Fsp3) is 0.562. The summed E-state index contributed by atoms with van der Waals surface area (Å²) in [6.45, 7) is 7.31. The van der Waals surface area contributed by atoms with Crippen LogP contribution in [0.5, 0.6) is 5.75 Å². The average Bonchev–Trinajstić information content (AvgIpc) is 2.56. The third kappa shape index (κ3) is 5.66. The summed E-state index contributed by atoms with van der Waals surface area (Å²) in [6, 6.07) is 3.52. The predicted octanol–water partition coefficient (Wildman–Crippen LogP) is 1.52. The van der Waals surface area contributed by atoms with Crippen LogP contribution in [-0.2, 0) is 9.53 Å². The maximum absolute atomic E-state index is 12.0. The number of carbonyl (C=O) groups excluding carboxylic acids is 1. The van der Waals surface area contributed by atoms with Gasteiger partial charge in [0.2, 0.25) is 5.91 Å². The first kappa shape index (κ1) is 18.0. The number of aryl methyl sites for hydroxylation is 1. The normalized spacial score (nSPS) is 15.4. The van der Waals surface area contributed by atoms with E-state index in [1.165, 1.54) is 0 Å². The second-order valence-corrected chi connectivity index (χ2v) is 5.89. The molecule has 23 heavy (non-hydrogen) atoms. The summed E-state index contributed by atoms with van der Waals surface area (Å²) >= 11 is 6.06. The molecule has 0 unspecified atom stereocenters. The Kier molecular flexibility index (Phi) is 7.11. The molecule has 1 aromatic carbocycles. The molecule has 1 amide bonds. The van der Waals surface area contributed by atoms with Gasteiger partial charge in [-0.3, -0.25) is 9.69 Å². The van der Waals surface area contributed by atoms with Crippen LogP contribution in [0.2, 0.25) is 5.02 Å². The summed E-state index contributed by atoms with van der Waals surface area (Å²) < 4.78 is 10.6. The quantitative estimate of drug-likeness (QED) is 0.736. The van der Waals surface area contributed by atoms with Gasteiger partial charge in [-0.2, -0.15) is 0 Å². The van der Waals surface area contributed by atoms with E-state index in [1.807, 2.05) is 13.0 Å². The van der Waals surface area contributed by atoms with Crippen LogP contribution in [-0.4, -0.2) is 63.9 Å². The van der Waals surface area contributed by atoms with Crippen LogP contribution in [0.4, 0.5) is 5.69 Å². The Morgan fingerprint density at radius 1 is 1.39 bits per heavy atom. The summed E-state index contributed by atoms with van der Waals surface area (Å²) in [6.07, 6.45) is 0. The van der Waals surface area contributed by atoms with Gasteiger partial charge in [0.05, 0.1) is 32.6 Å². The van der Waals surface area contributed by atoms with Crippen molar-refractivity contribution in [3.05, 3.63) is 22.7 Å². The Bertz CT molecular complexity index is 534. The van der Waals surface area contributed by atoms with Crippen LogP contribution < -0.4 is 15.4 Å². The molecule has 1 heterocycles. The monoisotopic (exact) mass is 341 g/mol. The highest BCUT2D eigenvalue weighted by molar-refractivity contribution is 6.31. The first-order valence-corrected chi connectivity index (χ1v) is 8.12. The van der Waals surface area contributed by atoms with Crippen molar-refractivity contribution in [2.45, 2.75) is 6.92 Å². The van der Waals surface area contributed by atoms with Crippen LogP contribution in [0, 0.1) is 6.92 Å². The summed E-state index contributed by atoms with van der Waals surface area (Å²) in [4.78, 5) is 14.4. The Balaban J connectivity index is 1.75. The lowest BCUT2D eigenvalue weighted by Gasteiger charge is -2.26. The number of hydrogen-bond donors (Lipinski definition) is 2. The van der Waals surface area contributed by atoms with E-state index < -0.39 is 0 Å². The number of benzene rings is 1.